The molecule has 0 fully saturated rings. The van der Waals surface area contributed by atoms with Crippen LogP contribution in [0, 0.1) is 0 Å². The quantitative estimate of drug-likeness (QED) is 0.504. The summed E-state index contributed by atoms with van der Waals surface area (Å²) in [6, 6.07) is 20.9. The molecule has 4 rings (SSSR count). The number of aromatic nitrogens is 1. The lowest BCUT2D eigenvalue weighted by Crippen LogP contribution is -2.14. The number of halogens is 1. The van der Waals surface area contributed by atoms with Gasteiger partial charge in [-0.1, -0.05) is 65.4 Å². The SMILES string of the molecule is O=c1sc2cc(S(=O)(=O)Nc3ccccc3Cl)ccc2n1Cc1ccccc1. The van der Waals surface area contributed by atoms with Gasteiger partial charge in [0.05, 0.1) is 32.4 Å². The zero-order valence-electron chi connectivity index (χ0n) is 14.5. The minimum Gasteiger partial charge on any atom is -0.294 e. The Bertz CT molecular complexity index is 1310. The Morgan fingerprint density at radius 3 is 2.43 bits per heavy atom. The van der Waals surface area contributed by atoms with Crippen LogP contribution in [-0.4, -0.2) is 13.0 Å². The molecule has 8 heteroatoms. The molecule has 1 aromatic heterocycles. The predicted octanol–water partition coefficient (Wildman–Crippen LogP) is 4.57. The van der Waals surface area contributed by atoms with E-state index in [1.165, 1.54) is 12.1 Å². The summed E-state index contributed by atoms with van der Waals surface area (Å²) >= 11 is 7.07. The van der Waals surface area contributed by atoms with Crippen molar-refractivity contribution in [2.45, 2.75) is 11.4 Å². The van der Waals surface area contributed by atoms with Crippen molar-refractivity contribution in [2.24, 2.45) is 0 Å². The monoisotopic (exact) mass is 430 g/mol. The van der Waals surface area contributed by atoms with Gasteiger partial charge >= 0.3 is 4.87 Å². The van der Waals surface area contributed by atoms with Crippen molar-refractivity contribution >= 4 is 48.9 Å². The van der Waals surface area contributed by atoms with Gasteiger partial charge in [0.2, 0.25) is 0 Å². The smallest absolute Gasteiger partial charge is 0.294 e. The molecule has 0 saturated heterocycles. The molecular formula is C20H15ClN2O3S2. The molecule has 1 N–H and O–H groups in total. The van der Waals surface area contributed by atoms with E-state index >= 15 is 0 Å². The van der Waals surface area contributed by atoms with Crippen molar-refractivity contribution in [3.8, 4) is 0 Å². The lowest BCUT2D eigenvalue weighted by atomic mass is 10.2. The van der Waals surface area contributed by atoms with Crippen molar-refractivity contribution in [2.75, 3.05) is 4.72 Å². The van der Waals surface area contributed by atoms with Crippen LogP contribution in [0.3, 0.4) is 0 Å². The number of benzene rings is 3. The fourth-order valence-electron chi connectivity index (χ4n) is 2.88. The Kier molecular flexibility index (Phi) is 4.97. The van der Waals surface area contributed by atoms with E-state index in [4.69, 9.17) is 11.6 Å². The first-order valence-electron chi connectivity index (χ1n) is 8.39. The third kappa shape index (κ3) is 3.69. The number of hydrogen-bond acceptors (Lipinski definition) is 4. The molecule has 0 unspecified atom stereocenters. The van der Waals surface area contributed by atoms with Crippen LogP contribution in [0.5, 0.6) is 0 Å². The molecule has 0 bridgehead atoms. The minimum absolute atomic E-state index is 0.0769. The average molecular weight is 431 g/mol. The zero-order valence-corrected chi connectivity index (χ0v) is 16.9. The summed E-state index contributed by atoms with van der Waals surface area (Å²) in [5, 5.41) is 0.311. The second kappa shape index (κ2) is 7.43. The number of nitrogens with one attached hydrogen (secondary N) is 1. The van der Waals surface area contributed by atoms with Crippen LogP contribution in [0.25, 0.3) is 10.2 Å². The molecule has 0 saturated carbocycles. The molecule has 28 heavy (non-hydrogen) atoms. The molecule has 0 aliphatic heterocycles. The Hall–Kier alpha value is -2.61. The molecule has 0 aliphatic carbocycles. The minimum atomic E-state index is -3.83. The van der Waals surface area contributed by atoms with Gasteiger partial charge in [0.25, 0.3) is 10.0 Å². The van der Waals surface area contributed by atoms with Crippen molar-refractivity contribution in [3.63, 3.8) is 0 Å². The Morgan fingerprint density at radius 1 is 0.964 bits per heavy atom. The summed E-state index contributed by atoms with van der Waals surface area (Å²) < 4.78 is 30.2. The van der Waals surface area contributed by atoms with Crippen molar-refractivity contribution in [1.82, 2.24) is 4.57 Å². The fourth-order valence-corrected chi connectivity index (χ4v) is 5.23. The number of para-hydroxylation sites is 1. The maximum absolute atomic E-state index is 12.7. The summed E-state index contributed by atoms with van der Waals surface area (Å²) in [5.41, 5.74) is 2.01. The van der Waals surface area contributed by atoms with Crippen LogP contribution in [0.15, 0.2) is 82.5 Å². The topological polar surface area (TPSA) is 68.2 Å². The third-order valence-electron chi connectivity index (χ3n) is 4.25. The Labute approximate surface area is 170 Å². The van der Waals surface area contributed by atoms with Gasteiger partial charge in [-0.05, 0) is 35.9 Å². The van der Waals surface area contributed by atoms with Gasteiger partial charge in [0.1, 0.15) is 0 Å². The van der Waals surface area contributed by atoms with Gasteiger partial charge in [-0.15, -0.1) is 0 Å². The Morgan fingerprint density at radius 2 is 1.68 bits per heavy atom. The normalized spacial score (nSPS) is 11.6. The van der Waals surface area contributed by atoms with E-state index in [-0.39, 0.29) is 9.77 Å². The average Bonchev–Trinajstić information content (AvgIpc) is 2.99. The van der Waals surface area contributed by atoms with Crippen molar-refractivity contribution in [3.05, 3.63) is 93.0 Å². The highest BCUT2D eigenvalue weighted by Crippen LogP contribution is 2.27. The van der Waals surface area contributed by atoms with Gasteiger partial charge in [0, 0.05) is 0 Å². The van der Waals surface area contributed by atoms with Crippen LogP contribution in [0.1, 0.15) is 5.56 Å². The van der Waals surface area contributed by atoms with E-state index in [9.17, 15) is 13.2 Å². The largest absolute Gasteiger partial charge is 0.308 e. The van der Waals surface area contributed by atoms with Gasteiger partial charge < -0.3 is 0 Å². The highest BCUT2D eigenvalue weighted by atomic mass is 35.5. The number of nitrogens with zero attached hydrogens (tertiary/aromatic N) is 1. The highest BCUT2D eigenvalue weighted by Gasteiger charge is 2.18. The molecule has 142 valence electrons. The molecule has 3 aromatic carbocycles. The van der Waals surface area contributed by atoms with Crippen molar-refractivity contribution in [1.29, 1.82) is 0 Å². The fraction of sp³-hybridized carbons (Fsp3) is 0.0500. The maximum Gasteiger partial charge on any atom is 0.308 e. The van der Waals surface area contributed by atoms with Gasteiger partial charge in [-0.25, -0.2) is 8.42 Å². The summed E-state index contributed by atoms with van der Waals surface area (Å²) in [6.07, 6.45) is 0. The van der Waals surface area contributed by atoms with E-state index in [1.54, 1.807) is 34.9 Å². The number of sulfonamides is 1. The summed E-state index contributed by atoms with van der Waals surface area (Å²) in [6.45, 7) is 0.434. The molecular weight excluding hydrogens is 416 g/mol. The van der Waals surface area contributed by atoms with E-state index < -0.39 is 10.0 Å². The van der Waals surface area contributed by atoms with E-state index in [0.717, 1.165) is 16.9 Å². The number of fused-ring (bicyclic) bond motifs is 1. The molecule has 0 atom stereocenters. The molecule has 4 aromatic rings. The number of thiazole rings is 1. The predicted molar refractivity (Wildman–Crippen MR) is 114 cm³/mol. The first-order chi connectivity index (χ1) is 13.4. The highest BCUT2D eigenvalue weighted by molar-refractivity contribution is 7.92. The van der Waals surface area contributed by atoms with Crippen LogP contribution in [0.4, 0.5) is 5.69 Å². The van der Waals surface area contributed by atoms with Crippen LogP contribution < -0.4 is 9.60 Å². The van der Waals surface area contributed by atoms with Gasteiger partial charge in [0.15, 0.2) is 0 Å². The zero-order chi connectivity index (χ0) is 19.7. The lowest BCUT2D eigenvalue weighted by Gasteiger charge is -2.10. The Balaban J connectivity index is 1.71. The molecule has 1 heterocycles. The first-order valence-corrected chi connectivity index (χ1v) is 11.1. The van der Waals surface area contributed by atoms with Crippen LogP contribution >= 0.6 is 22.9 Å². The van der Waals surface area contributed by atoms with Gasteiger partial charge in [-0.3, -0.25) is 14.1 Å². The molecule has 0 spiro atoms. The molecule has 5 nitrogen and oxygen atoms in total. The second-order valence-corrected chi connectivity index (χ2v) is 9.24. The van der Waals surface area contributed by atoms with Crippen molar-refractivity contribution < 1.29 is 8.42 Å². The summed E-state index contributed by atoms with van der Waals surface area (Å²) in [5.74, 6) is 0. The van der Waals surface area contributed by atoms with E-state index in [1.807, 2.05) is 30.3 Å². The van der Waals surface area contributed by atoms with Gasteiger partial charge in [-0.2, -0.15) is 0 Å². The third-order valence-corrected chi connectivity index (χ3v) is 6.89. The van der Waals surface area contributed by atoms with Crippen LogP contribution in [0.2, 0.25) is 5.02 Å². The first kappa shape index (κ1) is 18.7. The number of anilines is 1. The van der Waals surface area contributed by atoms with Crippen LogP contribution in [-0.2, 0) is 16.6 Å². The summed E-state index contributed by atoms with van der Waals surface area (Å²) in [7, 11) is -3.83. The number of rotatable bonds is 5. The lowest BCUT2D eigenvalue weighted by molar-refractivity contribution is 0.601. The standard InChI is InChI=1S/C20H15ClN2O3S2/c21-16-8-4-5-9-17(16)22-28(25,26)15-10-11-18-19(12-15)27-20(24)23(18)13-14-6-2-1-3-7-14/h1-12,22H,13H2. The second-order valence-electron chi connectivity index (χ2n) is 6.15. The van der Waals surface area contributed by atoms with E-state index in [0.29, 0.717) is 27.5 Å². The van der Waals surface area contributed by atoms with E-state index in [2.05, 4.69) is 4.72 Å². The summed E-state index contributed by atoms with van der Waals surface area (Å²) in [4.78, 5) is 12.4. The number of hydrogen-bond donors (Lipinski definition) is 1. The molecule has 0 radical (unpaired) electrons. The molecule has 0 aliphatic rings. The maximum atomic E-state index is 12.7. The molecule has 0 amide bonds.